The van der Waals surface area contributed by atoms with Gasteiger partial charge in [0, 0.05) is 40.1 Å². The summed E-state index contributed by atoms with van der Waals surface area (Å²) in [6.07, 6.45) is 13.4. The first-order valence-corrected chi connectivity index (χ1v) is 21.2. The van der Waals surface area contributed by atoms with E-state index in [-0.39, 0.29) is 10.6 Å². The molecule has 4 nitrogen and oxygen atoms in total. The Labute approximate surface area is 314 Å². The molecule has 0 amide bonds. The van der Waals surface area contributed by atoms with Gasteiger partial charge >= 0.3 is 0 Å². The van der Waals surface area contributed by atoms with Crippen LogP contribution < -0.4 is 20.4 Å². The number of nitrogens with one attached hydrogen (secondary N) is 1. The number of rotatable bonds is 16. The fraction of sp³-hybridized carbons (Fsp3) is 0.341. The van der Waals surface area contributed by atoms with Gasteiger partial charge in [0.15, 0.2) is 0 Å². The second-order valence-electron chi connectivity index (χ2n) is 15.1. The van der Waals surface area contributed by atoms with E-state index in [0.717, 1.165) is 101 Å². The second kappa shape index (κ2) is 15.3. The Morgan fingerprint density at radius 1 is 0.804 bits per heavy atom. The number of aromatic nitrogens is 1. The molecule has 0 spiro atoms. The third-order valence-electron chi connectivity index (χ3n) is 11.0. The van der Waals surface area contributed by atoms with Gasteiger partial charge in [0.1, 0.15) is 5.75 Å². The fourth-order valence-corrected chi connectivity index (χ4v) is 11.9. The summed E-state index contributed by atoms with van der Waals surface area (Å²) >= 11 is 13.8. The first-order chi connectivity index (χ1) is 24.7. The van der Waals surface area contributed by atoms with Crippen molar-refractivity contribution in [2.75, 3.05) is 0 Å². The van der Waals surface area contributed by atoms with E-state index >= 15 is 0 Å². The SMILES string of the molecule is CC(C)(CCCCCc1cc(Cl)c(CNC2(c3cnccc3-c3ccccc3OC3CC3)CC2)cc1Cl)[Si](O)(c1ccccc1)c1ccccc1. The van der Waals surface area contributed by atoms with Crippen molar-refractivity contribution in [2.45, 2.75) is 94.9 Å². The molecule has 2 N–H and O–H groups in total. The molecule has 5 aromatic rings. The number of unbranched alkanes of at least 4 members (excludes halogenated alkanes) is 2. The Morgan fingerprint density at radius 3 is 2.10 bits per heavy atom. The third-order valence-corrected chi connectivity index (χ3v) is 16.3. The highest BCUT2D eigenvalue weighted by molar-refractivity contribution is 6.98. The summed E-state index contributed by atoms with van der Waals surface area (Å²) in [6.45, 7) is 5.11. The maximum Gasteiger partial charge on any atom is 0.258 e. The summed E-state index contributed by atoms with van der Waals surface area (Å²) in [4.78, 5) is 17.0. The van der Waals surface area contributed by atoms with Gasteiger partial charge in [0.2, 0.25) is 0 Å². The average Bonchev–Trinajstić information content (AvgIpc) is 4.10. The average molecular weight is 736 g/mol. The van der Waals surface area contributed by atoms with Crippen LogP contribution in [0.3, 0.4) is 0 Å². The lowest BCUT2D eigenvalue weighted by Crippen LogP contribution is -2.65. The zero-order valence-corrected chi connectivity index (χ0v) is 32.2. The molecule has 2 aliphatic rings. The smallest absolute Gasteiger partial charge is 0.258 e. The van der Waals surface area contributed by atoms with Crippen LogP contribution >= 0.6 is 23.2 Å². The molecule has 51 heavy (non-hydrogen) atoms. The van der Waals surface area contributed by atoms with Gasteiger partial charge in [0.25, 0.3) is 8.32 Å². The summed E-state index contributed by atoms with van der Waals surface area (Å²) in [7, 11) is -3.00. The summed E-state index contributed by atoms with van der Waals surface area (Å²) in [5.41, 5.74) is 5.43. The number of nitrogens with zero attached hydrogens (tertiary/aromatic N) is 1. The lowest BCUT2D eigenvalue weighted by atomic mass is 9.94. The van der Waals surface area contributed by atoms with E-state index < -0.39 is 8.32 Å². The minimum Gasteiger partial charge on any atom is -0.490 e. The van der Waals surface area contributed by atoms with Crippen LogP contribution in [0.15, 0.2) is 116 Å². The second-order valence-corrected chi connectivity index (χ2v) is 19.8. The van der Waals surface area contributed by atoms with Gasteiger partial charge in [0.05, 0.1) is 6.10 Å². The number of benzene rings is 4. The van der Waals surface area contributed by atoms with E-state index in [0.29, 0.717) is 12.6 Å². The van der Waals surface area contributed by atoms with Crippen LogP contribution in [0.25, 0.3) is 11.1 Å². The Hall–Kier alpha value is -3.45. The number of halogens is 2. The van der Waals surface area contributed by atoms with Gasteiger partial charge in [-0.25, -0.2) is 0 Å². The normalized spacial score (nSPS) is 15.5. The van der Waals surface area contributed by atoms with Gasteiger partial charge in [-0.3, -0.25) is 4.98 Å². The molecule has 2 fully saturated rings. The zero-order valence-electron chi connectivity index (χ0n) is 29.7. The van der Waals surface area contributed by atoms with Crippen molar-refractivity contribution in [1.82, 2.24) is 10.3 Å². The van der Waals surface area contributed by atoms with E-state index in [1.807, 2.05) is 60.9 Å². The van der Waals surface area contributed by atoms with Crippen LogP contribution in [-0.2, 0) is 18.5 Å². The van der Waals surface area contributed by atoms with E-state index in [1.54, 1.807) is 0 Å². The Balaban J connectivity index is 0.969. The maximum atomic E-state index is 12.5. The molecular formula is C44H48Cl2N2O2Si. The maximum absolute atomic E-state index is 12.5. The molecule has 0 saturated heterocycles. The molecule has 4 aromatic carbocycles. The van der Waals surface area contributed by atoms with E-state index in [2.05, 4.69) is 78.7 Å². The van der Waals surface area contributed by atoms with E-state index in [1.165, 1.54) is 11.1 Å². The predicted octanol–water partition coefficient (Wildman–Crippen LogP) is 10.0. The van der Waals surface area contributed by atoms with Gasteiger partial charge in [-0.05, 0) is 107 Å². The molecule has 264 valence electrons. The Morgan fingerprint density at radius 2 is 1.43 bits per heavy atom. The minimum atomic E-state index is -3.00. The lowest BCUT2D eigenvalue weighted by molar-refractivity contribution is 0.304. The zero-order chi connectivity index (χ0) is 35.5. The van der Waals surface area contributed by atoms with Crippen LogP contribution in [0, 0.1) is 0 Å². The molecule has 0 bridgehead atoms. The van der Waals surface area contributed by atoms with Crippen molar-refractivity contribution in [2.24, 2.45) is 0 Å². The van der Waals surface area contributed by atoms with Crippen molar-refractivity contribution in [3.8, 4) is 16.9 Å². The molecule has 0 atom stereocenters. The van der Waals surface area contributed by atoms with E-state index in [4.69, 9.17) is 27.9 Å². The molecule has 0 radical (unpaired) electrons. The van der Waals surface area contributed by atoms with Gasteiger partial charge in [-0.15, -0.1) is 0 Å². The van der Waals surface area contributed by atoms with Crippen molar-refractivity contribution in [3.63, 3.8) is 0 Å². The van der Waals surface area contributed by atoms with Gasteiger partial charge in [-0.2, -0.15) is 0 Å². The first-order valence-electron chi connectivity index (χ1n) is 18.5. The molecule has 1 heterocycles. The summed E-state index contributed by atoms with van der Waals surface area (Å²) in [5, 5.41) is 7.24. The summed E-state index contributed by atoms with van der Waals surface area (Å²) in [5.74, 6) is 0.945. The molecule has 0 aliphatic heterocycles. The quantitative estimate of drug-likeness (QED) is 0.0783. The molecular weight excluding hydrogens is 687 g/mol. The number of hydrogen-bond acceptors (Lipinski definition) is 4. The number of hydrogen-bond donors (Lipinski definition) is 2. The van der Waals surface area contributed by atoms with Crippen molar-refractivity contribution < 1.29 is 9.53 Å². The number of aryl methyl sites for hydroxylation is 1. The molecule has 7 heteroatoms. The predicted molar refractivity (Wildman–Crippen MR) is 214 cm³/mol. The van der Waals surface area contributed by atoms with Crippen molar-refractivity contribution in [1.29, 1.82) is 0 Å². The van der Waals surface area contributed by atoms with Crippen LogP contribution in [0.1, 0.15) is 81.9 Å². The Bertz CT molecular complexity index is 1900. The highest BCUT2D eigenvalue weighted by Crippen LogP contribution is 2.50. The van der Waals surface area contributed by atoms with Crippen molar-refractivity contribution in [3.05, 3.63) is 142 Å². The van der Waals surface area contributed by atoms with Crippen LogP contribution in [-0.4, -0.2) is 24.2 Å². The summed E-state index contributed by atoms with van der Waals surface area (Å²) < 4.78 is 6.29. The van der Waals surface area contributed by atoms with Crippen molar-refractivity contribution >= 4 is 41.9 Å². The monoisotopic (exact) mass is 734 g/mol. The molecule has 7 rings (SSSR count). The van der Waals surface area contributed by atoms with Gasteiger partial charge in [-0.1, -0.05) is 129 Å². The molecule has 0 unspecified atom stereocenters. The Kier molecular flexibility index (Phi) is 10.8. The first kappa shape index (κ1) is 35.9. The van der Waals surface area contributed by atoms with Gasteiger partial charge < -0.3 is 14.8 Å². The molecule has 2 saturated carbocycles. The molecule has 2 aliphatic carbocycles. The largest absolute Gasteiger partial charge is 0.490 e. The minimum absolute atomic E-state index is 0.158. The lowest BCUT2D eigenvalue weighted by Gasteiger charge is -2.41. The van der Waals surface area contributed by atoms with Crippen LogP contribution in [0.4, 0.5) is 0 Å². The highest BCUT2D eigenvalue weighted by Gasteiger charge is 2.49. The standard InChI is InChI=1S/C44H48Cl2N2O2Si/c1-43(2,51(49,35-15-7-3-8-16-35)36-17-9-4-10-18-36)24-13-5-6-14-32-28-41(46)33(29-40(32)45)30-48-44(25-26-44)39-31-47-27-23-37(39)38-19-11-12-20-42(38)50-34-21-22-34/h3-4,7-12,15-20,23,27-29,31,34,48-49H,5-6,13-14,21-22,24-26,30H2,1-2H3. The fourth-order valence-electron chi connectivity index (χ4n) is 7.60. The van der Waals surface area contributed by atoms with Crippen LogP contribution in [0.5, 0.6) is 5.75 Å². The molecule has 1 aromatic heterocycles. The van der Waals surface area contributed by atoms with E-state index in [9.17, 15) is 4.80 Å². The third kappa shape index (κ3) is 7.84. The number of para-hydroxylation sites is 1. The number of pyridine rings is 1. The summed E-state index contributed by atoms with van der Waals surface area (Å²) in [6, 6.07) is 35.1. The highest BCUT2D eigenvalue weighted by atomic mass is 35.5. The van der Waals surface area contributed by atoms with Crippen LogP contribution in [0.2, 0.25) is 15.1 Å². The topological polar surface area (TPSA) is 54.4 Å². The number of ether oxygens (including phenoxy) is 1.